The lowest BCUT2D eigenvalue weighted by molar-refractivity contribution is -0.121. The largest absolute Gasteiger partial charge is 0.424 e. The molecule has 0 bridgehead atoms. The number of nitrogens with one attached hydrogen (secondary N) is 1. The smallest absolute Gasteiger partial charge is 0.230 e. The van der Waals surface area contributed by atoms with Crippen molar-refractivity contribution in [2.45, 2.75) is 31.2 Å². The van der Waals surface area contributed by atoms with Gasteiger partial charge in [0.1, 0.15) is 22.5 Å². The van der Waals surface area contributed by atoms with Gasteiger partial charge in [0, 0.05) is 0 Å². The van der Waals surface area contributed by atoms with Crippen molar-refractivity contribution in [3.8, 4) is 17.2 Å². The van der Waals surface area contributed by atoms with Gasteiger partial charge >= 0.3 is 0 Å². The van der Waals surface area contributed by atoms with Crippen LogP contribution < -0.4 is 5.32 Å². The summed E-state index contributed by atoms with van der Waals surface area (Å²) in [5.41, 5.74) is 1.30. The normalized spacial score (nSPS) is 14.3. The molecule has 1 aliphatic rings. The molecule has 31 heavy (non-hydrogen) atoms. The van der Waals surface area contributed by atoms with E-state index in [1.807, 2.05) is 36.4 Å². The first kappa shape index (κ1) is 19.3. The molecule has 1 saturated carbocycles. The number of amides is 1. The number of carbonyl (C=O) groups is 1. The lowest BCUT2D eigenvalue weighted by Crippen LogP contribution is -2.36. The molecule has 0 aliphatic heterocycles. The Morgan fingerprint density at radius 3 is 2.71 bits per heavy atom. The second-order valence-electron chi connectivity index (χ2n) is 7.46. The predicted octanol–water partition coefficient (Wildman–Crippen LogP) is 3.79. The molecule has 1 N–H and O–H groups in total. The van der Waals surface area contributed by atoms with E-state index >= 15 is 0 Å². The van der Waals surface area contributed by atoms with Crippen LogP contribution in [0.4, 0.5) is 4.39 Å². The van der Waals surface area contributed by atoms with E-state index in [1.165, 1.54) is 17.4 Å². The van der Waals surface area contributed by atoms with E-state index in [1.54, 1.807) is 0 Å². The highest BCUT2D eigenvalue weighted by Gasteiger charge is 2.44. The summed E-state index contributed by atoms with van der Waals surface area (Å²) in [4.78, 5) is 16.4. The van der Waals surface area contributed by atoms with Crippen LogP contribution in [0.2, 0.25) is 0 Å². The van der Waals surface area contributed by atoms with Gasteiger partial charge in [0.15, 0.2) is 5.82 Å². The van der Waals surface area contributed by atoms with Crippen molar-refractivity contribution in [1.29, 1.82) is 5.26 Å². The third-order valence-electron chi connectivity index (χ3n) is 5.07. The standard InChI is InChI=1S/C22H16FN5O2S/c23-15-8-14(13-4-2-1-3-5-13)9-16-21(15)25-20(31-16)11-19-28-27-18(30-19)10-17(29)26-22(12-24)6-7-22/h1-5,8-9H,6-7,10-11H2,(H,26,29). The molecular weight excluding hydrogens is 417 g/mol. The minimum atomic E-state index is -0.733. The molecule has 9 heteroatoms. The Labute approximate surface area is 180 Å². The first-order valence-corrected chi connectivity index (χ1v) is 10.5. The molecule has 154 valence electrons. The number of fused-ring (bicyclic) bond motifs is 1. The highest BCUT2D eigenvalue weighted by molar-refractivity contribution is 7.18. The van der Waals surface area contributed by atoms with Crippen molar-refractivity contribution in [3.05, 3.63) is 65.1 Å². The van der Waals surface area contributed by atoms with Crippen molar-refractivity contribution in [2.24, 2.45) is 0 Å². The average molecular weight is 433 g/mol. The first-order chi connectivity index (χ1) is 15.0. The summed E-state index contributed by atoms with van der Waals surface area (Å²) in [6.07, 6.45) is 1.47. The van der Waals surface area contributed by atoms with Crippen LogP contribution in [0.5, 0.6) is 0 Å². The van der Waals surface area contributed by atoms with Crippen LogP contribution in [0.25, 0.3) is 21.3 Å². The second-order valence-corrected chi connectivity index (χ2v) is 8.58. The Morgan fingerprint density at radius 2 is 1.97 bits per heavy atom. The maximum Gasteiger partial charge on any atom is 0.230 e. The number of hydrogen-bond donors (Lipinski definition) is 1. The molecule has 1 fully saturated rings. The summed E-state index contributed by atoms with van der Waals surface area (Å²) in [5, 5.41) is 20.2. The van der Waals surface area contributed by atoms with Crippen LogP contribution in [-0.2, 0) is 17.6 Å². The third-order valence-corrected chi connectivity index (χ3v) is 6.07. The third kappa shape index (κ3) is 4.02. The van der Waals surface area contributed by atoms with Crippen LogP contribution >= 0.6 is 11.3 Å². The predicted molar refractivity (Wildman–Crippen MR) is 112 cm³/mol. The van der Waals surface area contributed by atoms with Gasteiger partial charge in [-0.1, -0.05) is 30.3 Å². The summed E-state index contributed by atoms with van der Waals surface area (Å²) < 4.78 is 20.9. The number of hydrogen-bond acceptors (Lipinski definition) is 7. The minimum absolute atomic E-state index is 0.0919. The average Bonchev–Trinajstić information content (AvgIpc) is 3.19. The molecule has 2 heterocycles. The molecule has 0 unspecified atom stereocenters. The highest BCUT2D eigenvalue weighted by Crippen LogP contribution is 2.34. The van der Waals surface area contributed by atoms with Crippen molar-refractivity contribution >= 4 is 27.5 Å². The molecule has 0 spiro atoms. The highest BCUT2D eigenvalue weighted by atomic mass is 32.1. The number of benzene rings is 2. The molecule has 2 aromatic carbocycles. The lowest BCUT2D eigenvalue weighted by atomic mass is 10.1. The number of nitrogens with zero attached hydrogens (tertiary/aromatic N) is 4. The van der Waals surface area contributed by atoms with Gasteiger partial charge < -0.3 is 9.73 Å². The number of aromatic nitrogens is 3. The van der Waals surface area contributed by atoms with Gasteiger partial charge in [0.2, 0.25) is 17.7 Å². The van der Waals surface area contributed by atoms with E-state index < -0.39 is 5.54 Å². The monoisotopic (exact) mass is 433 g/mol. The molecule has 0 atom stereocenters. The molecular formula is C22H16FN5O2S. The van der Waals surface area contributed by atoms with E-state index in [2.05, 4.69) is 26.6 Å². The molecule has 7 nitrogen and oxygen atoms in total. The first-order valence-electron chi connectivity index (χ1n) is 9.71. The zero-order valence-electron chi connectivity index (χ0n) is 16.3. The maximum atomic E-state index is 14.6. The Balaban J connectivity index is 1.31. The molecule has 0 saturated heterocycles. The molecule has 4 aromatic rings. The minimum Gasteiger partial charge on any atom is -0.424 e. The topological polar surface area (TPSA) is 105 Å². The molecule has 1 amide bonds. The molecule has 1 aliphatic carbocycles. The van der Waals surface area contributed by atoms with Crippen LogP contribution in [0.3, 0.4) is 0 Å². The summed E-state index contributed by atoms with van der Waals surface area (Å²) in [7, 11) is 0. The lowest BCUT2D eigenvalue weighted by Gasteiger charge is -2.06. The van der Waals surface area contributed by atoms with E-state index in [-0.39, 0.29) is 30.5 Å². The van der Waals surface area contributed by atoms with Crippen LogP contribution in [-0.4, -0.2) is 26.6 Å². The second kappa shape index (κ2) is 7.56. The van der Waals surface area contributed by atoms with Crippen molar-refractivity contribution < 1.29 is 13.6 Å². The van der Waals surface area contributed by atoms with Crippen LogP contribution in [0, 0.1) is 17.1 Å². The Morgan fingerprint density at radius 1 is 1.19 bits per heavy atom. The number of nitriles is 1. The zero-order valence-corrected chi connectivity index (χ0v) is 17.1. The Kier molecular flexibility index (Phi) is 4.71. The summed E-state index contributed by atoms with van der Waals surface area (Å²) in [5.74, 6) is -0.246. The van der Waals surface area contributed by atoms with Gasteiger partial charge in [-0.2, -0.15) is 5.26 Å². The maximum absolute atomic E-state index is 14.6. The van der Waals surface area contributed by atoms with Gasteiger partial charge in [-0.3, -0.25) is 4.79 Å². The van der Waals surface area contributed by atoms with Gasteiger partial charge in [-0.15, -0.1) is 21.5 Å². The summed E-state index contributed by atoms with van der Waals surface area (Å²) >= 11 is 1.36. The van der Waals surface area contributed by atoms with Gasteiger partial charge in [-0.05, 0) is 36.1 Å². The van der Waals surface area contributed by atoms with Crippen LogP contribution in [0.1, 0.15) is 29.6 Å². The van der Waals surface area contributed by atoms with Gasteiger partial charge in [-0.25, -0.2) is 9.37 Å². The fraction of sp³-hybridized carbons (Fsp3) is 0.227. The van der Waals surface area contributed by atoms with E-state index in [0.29, 0.717) is 29.3 Å². The fourth-order valence-electron chi connectivity index (χ4n) is 3.31. The summed E-state index contributed by atoms with van der Waals surface area (Å²) in [6, 6.07) is 15.1. The fourth-order valence-corrected chi connectivity index (χ4v) is 4.32. The van der Waals surface area contributed by atoms with Crippen molar-refractivity contribution in [1.82, 2.24) is 20.5 Å². The SMILES string of the molecule is N#CC1(NC(=O)Cc2nnc(Cc3nc4c(F)cc(-c5ccccc5)cc4s3)o2)CC1. The number of rotatable bonds is 6. The van der Waals surface area contributed by atoms with Crippen LogP contribution in [0.15, 0.2) is 46.9 Å². The van der Waals surface area contributed by atoms with Crippen molar-refractivity contribution in [2.75, 3.05) is 0 Å². The van der Waals surface area contributed by atoms with Gasteiger partial charge in [0.05, 0.1) is 17.2 Å². The quantitative estimate of drug-likeness (QED) is 0.496. The van der Waals surface area contributed by atoms with Gasteiger partial charge in [0.25, 0.3) is 0 Å². The molecule has 2 aromatic heterocycles. The van der Waals surface area contributed by atoms with E-state index in [4.69, 9.17) is 9.68 Å². The molecule has 0 radical (unpaired) electrons. The molecule has 5 rings (SSSR count). The Hall–Kier alpha value is -3.64. The van der Waals surface area contributed by atoms with Crippen molar-refractivity contribution in [3.63, 3.8) is 0 Å². The number of thiazole rings is 1. The van der Waals surface area contributed by atoms with E-state index in [9.17, 15) is 9.18 Å². The van der Waals surface area contributed by atoms with E-state index in [0.717, 1.165) is 15.8 Å². The number of carbonyl (C=O) groups excluding carboxylic acids is 1. The summed E-state index contributed by atoms with van der Waals surface area (Å²) in [6.45, 7) is 0. The zero-order chi connectivity index (χ0) is 21.4. The number of halogens is 1. The Bertz CT molecular complexity index is 1320.